The van der Waals surface area contributed by atoms with Gasteiger partial charge in [-0.05, 0) is 18.1 Å². The van der Waals surface area contributed by atoms with E-state index in [4.69, 9.17) is 15.3 Å². The smallest absolute Gasteiger partial charge is 0.340 e. The first-order valence-electron chi connectivity index (χ1n) is 6.74. The summed E-state index contributed by atoms with van der Waals surface area (Å²) in [7, 11) is 0. The molecule has 2 unspecified atom stereocenters. The number of hydrogen-bond acceptors (Lipinski definition) is 4. The molecule has 0 radical (unpaired) electrons. The Morgan fingerprint density at radius 1 is 0.917 bits per heavy atom. The molecule has 0 fully saturated rings. The first kappa shape index (κ1) is 21.3. The summed E-state index contributed by atoms with van der Waals surface area (Å²) < 4.78 is 0. The molecule has 2 atom stereocenters. The van der Waals surface area contributed by atoms with E-state index in [1.165, 1.54) is 6.92 Å². The van der Waals surface area contributed by atoms with Crippen LogP contribution < -0.4 is 0 Å². The number of carboxylic acid groups (broad SMARTS) is 2. The normalized spacial score (nSPS) is 13.3. The number of aliphatic carboxylic acids is 2. The van der Waals surface area contributed by atoms with Gasteiger partial charge in [0.25, 0.3) is 0 Å². The highest BCUT2D eigenvalue weighted by molar-refractivity contribution is 5.78. The second kappa shape index (κ2) is 9.44. The van der Waals surface area contributed by atoms with Crippen LogP contribution >= 0.6 is 0 Å². The van der Waals surface area contributed by atoms with Crippen molar-refractivity contribution < 1.29 is 30.0 Å². The van der Waals surface area contributed by atoms with E-state index < -0.39 is 23.6 Å². The van der Waals surface area contributed by atoms with Crippen molar-refractivity contribution in [2.24, 2.45) is 0 Å². The van der Waals surface area contributed by atoms with Crippen LogP contribution in [0, 0.1) is 0 Å². The van der Waals surface area contributed by atoms with Gasteiger partial charge in [-0.25, -0.2) is 9.59 Å². The molecular formula is C18H22O6. The topological polar surface area (TPSA) is 115 Å². The van der Waals surface area contributed by atoms with Gasteiger partial charge in [0, 0.05) is 0 Å². The Morgan fingerprint density at radius 3 is 1.71 bits per heavy atom. The summed E-state index contributed by atoms with van der Waals surface area (Å²) >= 11 is 0. The van der Waals surface area contributed by atoms with Crippen LogP contribution in [0.25, 0.3) is 0 Å². The lowest BCUT2D eigenvalue weighted by Gasteiger charge is -2.17. The van der Waals surface area contributed by atoms with E-state index in [-0.39, 0.29) is 7.43 Å². The lowest BCUT2D eigenvalue weighted by Crippen LogP contribution is -2.31. The molecule has 0 bridgehead atoms. The molecule has 0 aromatic heterocycles. The van der Waals surface area contributed by atoms with Gasteiger partial charge in [-0.15, -0.1) is 0 Å². The Kier molecular flexibility index (Phi) is 8.38. The van der Waals surface area contributed by atoms with Gasteiger partial charge in [-0.2, -0.15) is 0 Å². The molecule has 0 amide bonds. The molecule has 6 nitrogen and oxygen atoms in total. The van der Waals surface area contributed by atoms with Crippen LogP contribution in [0.3, 0.4) is 0 Å². The van der Waals surface area contributed by atoms with E-state index in [1.807, 2.05) is 0 Å². The largest absolute Gasteiger partial charge is 0.479 e. The van der Waals surface area contributed by atoms with Crippen LogP contribution in [0.5, 0.6) is 0 Å². The predicted molar refractivity (Wildman–Crippen MR) is 89.4 cm³/mol. The third-order valence-electron chi connectivity index (χ3n) is 3.10. The molecule has 0 heterocycles. The van der Waals surface area contributed by atoms with E-state index in [1.54, 1.807) is 60.7 Å². The van der Waals surface area contributed by atoms with Crippen LogP contribution in [-0.2, 0) is 15.2 Å². The van der Waals surface area contributed by atoms with Crippen LogP contribution in [0.4, 0.5) is 0 Å². The molecule has 130 valence electrons. The van der Waals surface area contributed by atoms with Gasteiger partial charge < -0.3 is 20.4 Å². The fraction of sp³-hybridized carbons (Fsp3) is 0.222. The number of carbonyl (C=O) groups is 2. The molecule has 0 aliphatic carbocycles. The summed E-state index contributed by atoms with van der Waals surface area (Å²) in [5, 5.41) is 35.5. The monoisotopic (exact) mass is 334 g/mol. The summed E-state index contributed by atoms with van der Waals surface area (Å²) in [6, 6.07) is 16.6. The van der Waals surface area contributed by atoms with Crippen LogP contribution in [0.15, 0.2) is 60.7 Å². The Balaban J connectivity index is 0.000000425. The molecule has 24 heavy (non-hydrogen) atoms. The van der Waals surface area contributed by atoms with E-state index >= 15 is 0 Å². The molecule has 4 N–H and O–H groups in total. The zero-order chi connectivity index (χ0) is 17.5. The summed E-state index contributed by atoms with van der Waals surface area (Å²) in [6.07, 6.45) is -1.41. The molecule has 6 heteroatoms. The average molecular weight is 334 g/mol. The maximum Gasteiger partial charge on any atom is 0.340 e. The fourth-order valence-corrected chi connectivity index (χ4v) is 1.66. The molecule has 0 saturated heterocycles. The SMILES string of the molecule is C.CC(O)(C(=O)O)c1ccccc1.O=C(O)C(O)c1ccccc1. The zero-order valence-electron chi connectivity index (χ0n) is 12.5. The molecule has 0 aliphatic rings. The third kappa shape index (κ3) is 5.83. The van der Waals surface area contributed by atoms with Crippen molar-refractivity contribution in [1.29, 1.82) is 0 Å². The lowest BCUT2D eigenvalue weighted by atomic mass is 9.97. The number of aliphatic hydroxyl groups excluding tert-OH is 1. The zero-order valence-corrected chi connectivity index (χ0v) is 12.5. The van der Waals surface area contributed by atoms with Gasteiger partial charge in [0.15, 0.2) is 11.7 Å². The van der Waals surface area contributed by atoms with Gasteiger partial charge in [-0.3, -0.25) is 0 Å². The standard InChI is InChI=1S/C9H10O3.C8H8O3.CH4/c1-9(12,8(10)11)7-5-3-2-4-6-7;9-7(8(10)11)6-4-2-1-3-5-6;/h2-6,12H,1H3,(H,10,11);1-5,7,9H,(H,10,11);1H4. The van der Waals surface area contributed by atoms with Gasteiger partial charge in [0.05, 0.1) is 0 Å². The van der Waals surface area contributed by atoms with Crippen molar-refractivity contribution in [3.63, 3.8) is 0 Å². The average Bonchev–Trinajstić information content (AvgIpc) is 2.56. The van der Waals surface area contributed by atoms with E-state index in [9.17, 15) is 14.7 Å². The Labute approximate surface area is 140 Å². The fourth-order valence-electron chi connectivity index (χ4n) is 1.66. The van der Waals surface area contributed by atoms with Gasteiger partial charge in [0.2, 0.25) is 0 Å². The summed E-state index contributed by atoms with van der Waals surface area (Å²) in [4.78, 5) is 20.8. The molecule has 0 saturated carbocycles. The van der Waals surface area contributed by atoms with E-state index in [2.05, 4.69) is 0 Å². The van der Waals surface area contributed by atoms with Crippen LogP contribution in [-0.4, -0.2) is 32.4 Å². The summed E-state index contributed by atoms with van der Waals surface area (Å²) in [6.45, 7) is 1.25. The second-order valence-electron chi connectivity index (χ2n) is 4.89. The van der Waals surface area contributed by atoms with Gasteiger partial charge >= 0.3 is 11.9 Å². The number of hydrogen-bond donors (Lipinski definition) is 4. The minimum absolute atomic E-state index is 0. The second-order valence-corrected chi connectivity index (χ2v) is 4.89. The van der Waals surface area contributed by atoms with Crippen molar-refractivity contribution in [2.75, 3.05) is 0 Å². The molecule has 2 aromatic carbocycles. The van der Waals surface area contributed by atoms with Crippen LogP contribution in [0.1, 0.15) is 31.6 Å². The third-order valence-corrected chi connectivity index (χ3v) is 3.10. The minimum atomic E-state index is -1.79. The molecular weight excluding hydrogens is 312 g/mol. The van der Waals surface area contributed by atoms with Gasteiger partial charge in [0.1, 0.15) is 0 Å². The lowest BCUT2D eigenvalue weighted by molar-refractivity contribution is -0.157. The summed E-state index contributed by atoms with van der Waals surface area (Å²) in [5.74, 6) is -2.47. The molecule has 0 aliphatic heterocycles. The molecule has 2 rings (SSSR count). The molecule has 2 aromatic rings. The Hall–Kier alpha value is -2.70. The Bertz CT molecular complexity index is 637. The highest BCUT2D eigenvalue weighted by atomic mass is 16.4. The first-order valence-corrected chi connectivity index (χ1v) is 6.74. The quantitative estimate of drug-likeness (QED) is 0.682. The number of benzene rings is 2. The number of aliphatic hydroxyl groups is 2. The van der Waals surface area contributed by atoms with Crippen molar-refractivity contribution >= 4 is 11.9 Å². The Morgan fingerprint density at radius 2 is 1.33 bits per heavy atom. The van der Waals surface area contributed by atoms with Crippen molar-refractivity contribution in [1.82, 2.24) is 0 Å². The molecule has 0 spiro atoms. The van der Waals surface area contributed by atoms with Crippen molar-refractivity contribution in [3.8, 4) is 0 Å². The van der Waals surface area contributed by atoms with Crippen molar-refractivity contribution in [3.05, 3.63) is 71.8 Å². The van der Waals surface area contributed by atoms with E-state index in [0.717, 1.165) is 0 Å². The predicted octanol–water partition coefficient (Wildman–Crippen LogP) is 2.42. The number of carboxylic acids is 2. The van der Waals surface area contributed by atoms with Gasteiger partial charge in [-0.1, -0.05) is 68.1 Å². The maximum atomic E-state index is 10.6. The maximum absolute atomic E-state index is 10.6. The van der Waals surface area contributed by atoms with Crippen molar-refractivity contribution in [2.45, 2.75) is 26.1 Å². The number of rotatable bonds is 4. The first-order chi connectivity index (χ1) is 10.8. The van der Waals surface area contributed by atoms with E-state index in [0.29, 0.717) is 11.1 Å². The highest BCUT2D eigenvalue weighted by Crippen LogP contribution is 2.19. The summed E-state index contributed by atoms with van der Waals surface area (Å²) in [5.41, 5.74) is -1.00. The highest BCUT2D eigenvalue weighted by Gasteiger charge is 2.31. The van der Waals surface area contributed by atoms with Crippen LogP contribution in [0.2, 0.25) is 0 Å². The minimum Gasteiger partial charge on any atom is -0.479 e.